The molecule has 0 saturated carbocycles. The Balaban J connectivity index is 1.99. The molecule has 0 aliphatic heterocycles. The molecule has 27 heavy (non-hydrogen) atoms. The molecule has 0 aliphatic carbocycles. The Morgan fingerprint density at radius 3 is 2.15 bits per heavy atom. The number of amides is 2. The molecule has 0 aliphatic rings. The van der Waals surface area contributed by atoms with Gasteiger partial charge in [0.1, 0.15) is 11.5 Å². The Kier molecular flexibility index (Phi) is 7.13. The van der Waals surface area contributed by atoms with Crippen LogP contribution in [0.4, 0.5) is 11.4 Å². The Labute approximate surface area is 163 Å². The minimum absolute atomic E-state index is 0.0630. The second kappa shape index (κ2) is 9.54. The smallest absolute Gasteiger partial charge is 0.261 e. The maximum Gasteiger partial charge on any atom is 0.261 e. The van der Waals surface area contributed by atoms with Crippen molar-refractivity contribution in [1.29, 1.82) is 0 Å². The zero-order valence-corrected chi connectivity index (χ0v) is 16.1. The molecule has 0 heterocycles. The zero-order valence-electron chi connectivity index (χ0n) is 15.3. The van der Waals surface area contributed by atoms with Crippen molar-refractivity contribution in [3.63, 3.8) is 0 Å². The van der Waals surface area contributed by atoms with Gasteiger partial charge in [0.05, 0.1) is 19.8 Å². The molecule has 0 unspecified atom stereocenters. The van der Waals surface area contributed by atoms with Crippen molar-refractivity contribution in [2.45, 2.75) is 13.3 Å². The summed E-state index contributed by atoms with van der Waals surface area (Å²) in [5.74, 6) is 0.496. The van der Waals surface area contributed by atoms with E-state index in [9.17, 15) is 9.59 Å². The lowest BCUT2D eigenvalue weighted by atomic mass is 10.2. The third-order valence-corrected chi connectivity index (χ3v) is 3.83. The molecule has 0 atom stereocenters. The van der Waals surface area contributed by atoms with E-state index in [0.29, 0.717) is 34.9 Å². The Hall–Kier alpha value is -3.13. The van der Waals surface area contributed by atoms with E-state index in [0.717, 1.165) is 0 Å². The number of ether oxygens (including phenoxy) is 2. The standard InChI is InChI=1S/C19H21N3O4S/c1-4-17(23)20-12-5-7-13(8-6-12)21-19(27)22-18(24)15-10-9-14(25-2)11-16(15)26-3/h5-11H,4H2,1-3H3,(H,20,23)(H2,21,22,24,27). The normalized spacial score (nSPS) is 9.89. The maximum absolute atomic E-state index is 12.4. The molecule has 0 radical (unpaired) electrons. The zero-order chi connectivity index (χ0) is 19.8. The number of carbonyl (C=O) groups excluding carboxylic acids is 2. The average molecular weight is 387 g/mol. The third-order valence-electron chi connectivity index (χ3n) is 3.63. The summed E-state index contributed by atoms with van der Waals surface area (Å²) in [5.41, 5.74) is 1.70. The first-order valence-corrected chi connectivity index (χ1v) is 8.62. The Morgan fingerprint density at radius 2 is 1.59 bits per heavy atom. The maximum atomic E-state index is 12.4. The minimum Gasteiger partial charge on any atom is -0.497 e. The second-order valence-corrected chi connectivity index (χ2v) is 5.86. The van der Waals surface area contributed by atoms with E-state index in [1.54, 1.807) is 49.4 Å². The molecule has 8 heteroatoms. The summed E-state index contributed by atoms with van der Waals surface area (Å²) in [5, 5.41) is 8.42. The van der Waals surface area contributed by atoms with E-state index < -0.39 is 5.91 Å². The van der Waals surface area contributed by atoms with E-state index in [1.807, 2.05) is 0 Å². The van der Waals surface area contributed by atoms with Crippen molar-refractivity contribution in [3.8, 4) is 11.5 Å². The first kappa shape index (κ1) is 20.2. The van der Waals surface area contributed by atoms with Gasteiger partial charge in [-0.1, -0.05) is 6.92 Å². The van der Waals surface area contributed by atoms with Gasteiger partial charge in [-0.05, 0) is 48.6 Å². The Morgan fingerprint density at radius 1 is 0.963 bits per heavy atom. The van der Waals surface area contributed by atoms with Crippen LogP contribution in [0.3, 0.4) is 0 Å². The summed E-state index contributed by atoms with van der Waals surface area (Å²) < 4.78 is 10.3. The van der Waals surface area contributed by atoms with Crippen LogP contribution < -0.4 is 25.4 Å². The molecular formula is C19H21N3O4S. The molecule has 2 rings (SSSR count). The summed E-state index contributed by atoms with van der Waals surface area (Å²) in [6.45, 7) is 1.78. The number of hydrogen-bond donors (Lipinski definition) is 3. The van der Waals surface area contributed by atoms with E-state index in [2.05, 4.69) is 16.0 Å². The van der Waals surface area contributed by atoms with Crippen molar-refractivity contribution < 1.29 is 19.1 Å². The molecule has 2 aromatic rings. The van der Waals surface area contributed by atoms with Gasteiger partial charge in [-0.25, -0.2) is 0 Å². The monoisotopic (exact) mass is 387 g/mol. The summed E-state index contributed by atoms with van der Waals surface area (Å²) in [6, 6.07) is 11.9. The number of nitrogens with one attached hydrogen (secondary N) is 3. The molecule has 0 bridgehead atoms. The van der Waals surface area contributed by atoms with Gasteiger partial charge in [0.25, 0.3) is 5.91 Å². The topological polar surface area (TPSA) is 88.7 Å². The van der Waals surface area contributed by atoms with E-state index >= 15 is 0 Å². The molecule has 0 saturated heterocycles. The van der Waals surface area contributed by atoms with Crippen LogP contribution in [0.2, 0.25) is 0 Å². The fraction of sp³-hybridized carbons (Fsp3) is 0.211. The number of benzene rings is 2. The third kappa shape index (κ3) is 5.68. The van der Waals surface area contributed by atoms with Crippen molar-refractivity contribution in [1.82, 2.24) is 5.32 Å². The molecular weight excluding hydrogens is 366 g/mol. The van der Waals surface area contributed by atoms with Crippen molar-refractivity contribution >= 4 is 40.5 Å². The van der Waals surface area contributed by atoms with Gasteiger partial charge in [-0.2, -0.15) is 0 Å². The first-order valence-electron chi connectivity index (χ1n) is 8.21. The Bertz CT molecular complexity index is 837. The van der Waals surface area contributed by atoms with Crippen LogP contribution in [-0.4, -0.2) is 31.1 Å². The van der Waals surface area contributed by atoms with Crippen LogP contribution in [0.15, 0.2) is 42.5 Å². The first-order chi connectivity index (χ1) is 13.0. The van der Waals surface area contributed by atoms with Crippen LogP contribution in [-0.2, 0) is 4.79 Å². The highest BCUT2D eigenvalue weighted by Gasteiger charge is 2.14. The predicted octanol–water partition coefficient (Wildman–Crippen LogP) is 3.18. The summed E-state index contributed by atoms with van der Waals surface area (Å²) in [7, 11) is 3.01. The van der Waals surface area contributed by atoms with Crippen LogP contribution in [0.1, 0.15) is 23.7 Å². The molecule has 2 amide bonds. The number of hydrogen-bond acceptors (Lipinski definition) is 5. The second-order valence-electron chi connectivity index (χ2n) is 5.45. The molecule has 7 nitrogen and oxygen atoms in total. The minimum atomic E-state index is -0.404. The summed E-state index contributed by atoms with van der Waals surface area (Å²) in [6.07, 6.45) is 0.408. The summed E-state index contributed by atoms with van der Waals surface area (Å²) >= 11 is 5.18. The van der Waals surface area contributed by atoms with Crippen molar-refractivity contribution in [2.75, 3.05) is 24.9 Å². The van der Waals surface area contributed by atoms with E-state index in [-0.39, 0.29) is 11.0 Å². The number of rotatable bonds is 6. The van der Waals surface area contributed by atoms with Crippen molar-refractivity contribution in [2.24, 2.45) is 0 Å². The quantitative estimate of drug-likeness (QED) is 0.660. The van der Waals surface area contributed by atoms with E-state index in [1.165, 1.54) is 14.2 Å². The highest BCUT2D eigenvalue weighted by Crippen LogP contribution is 2.24. The summed E-state index contributed by atoms with van der Waals surface area (Å²) in [4.78, 5) is 23.8. The van der Waals surface area contributed by atoms with Gasteiger partial charge in [-0.15, -0.1) is 0 Å². The lowest BCUT2D eigenvalue weighted by Gasteiger charge is -2.13. The van der Waals surface area contributed by atoms with Crippen LogP contribution in [0.25, 0.3) is 0 Å². The molecule has 2 aromatic carbocycles. The molecule has 3 N–H and O–H groups in total. The molecule has 0 aromatic heterocycles. The molecule has 142 valence electrons. The fourth-order valence-corrected chi connectivity index (χ4v) is 2.42. The number of methoxy groups -OCH3 is 2. The van der Waals surface area contributed by atoms with Gasteiger partial charge >= 0.3 is 0 Å². The largest absolute Gasteiger partial charge is 0.497 e. The fourth-order valence-electron chi connectivity index (χ4n) is 2.21. The molecule has 0 spiro atoms. The highest BCUT2D eigenvalue weighted by molar-refractivity contribution is 7.80. The van der Waals surface area contributed by atoms with Crippen molar-refractivity contribution in [3.05, 3.63) is 48.0 Å². The SMILES string of the molecule is CCC(=O)Nc1ccc(NC(=S)NC(=O)c2ccc(OC)cc2OC)cc1. The van der Waals surface area contributed by atoms with Crippen LogP contribution in [0.5, 0.6) is 11.5 Å². The van der Waals surface area contributed by atoms with Gasteiger partial charge in [0, 0.05) is 23.9 Å². The van der Waals surface area contributed by atoms with Crippen LogP contribution in [0, 0.1) is 0 Å². The highest BCUT2D eigenvalue weighted by atomic mass is 32.1. The van der Waals surface area contributed by atoms with Gasteiger partial charge in [0.15, 0.2) is 5.11 Å². The van der Waals surface area contributed by atoms with Gasteiger partial charge in [0.2, 0.25) is 5.91 Å². The predicted molar refractivity (Wildman–Crippen MR) is 109 cm³/mol. The van der Waals surface area contributed by atoms with E-state index in [4.69, 9.17) is 21.7 Å². The molecule has 0 fully saturated rings. The lowest BCUT2D eigenvalue weighted by molar-refractivity contribution is -0.115. The van der Waals surface area contributed by atoms with Gasteiger partial charge in [-0.3, -0.25) is 14.9 Å². The van der Waals surface area contributed by atoms with Crippen LogP contribution >= 0.6 is 12.2 Å². The van der Waals surface area contributed by atoms with Gasteiger partial charge < -0.3 is 20.1 Å². The number of thiocarbonyl (C=S) groups is 1. The number of carbonyl (C=O) groups is 2. The average Bonchev–Trinajstić information content (AvgIpc) is 2.68. The number of anilines is 2. The lowest BCUT2D eigenvalue weighted by Crippen LogP contribution is -2.34.